The molecule has 1 aromatic rings. The summed E-state index contributed by atoms with van der Waals surface area (Å²) in [5, 5.41) is 0. The van der Waals surface area contributed by atoms with Gasteiger partial charge >= 0.3 is 0 Å². The smallest absolute Gasteiger partial charge is 0.248 e. The van der Waals surface area contributed by atoms with Crippen LogP contribution in [0.15, 0.2) is 24.3 Å². The van der Waals surface area contributed by atoms with Crippen LogP contribution in [0, 0.1) is 0 Å². The molecule has 1 aliphatic rings. The Hall–Kier alpha value is -1.55. The minimum absolute atomic E-state index is 0.0451. The van der Waals surface area contributed by atoms with E-state index in [2.05, 4.69) is 0 Å². The Labute approximate surface area is 88.6 Å². The number of nitrogen functional groups attached to an aromatic ring is 1. The molecule has 15 heavy (non-hydrogen) atoms. The molecule has 0 atom stereocenters. The van der Waals surface area contributed by atoms with Gasteiger partial charge in [-0.3, -0.25) is 4.79 Å². The second-order valence-electron chi connectivity index (χ2n) is 3.61. The molecule has 0 saturated carbocycles. The Morgan fingerprint density at radius 2 is 2.33 bits per heavy atom. The van der Waals surface area contributed by atoms with Crippen LogP contribution in [0.4, 0.5) is 5.69 Å². The molecule has 80 valence electrons. The number of amides is 1. The number of rotatable bonds is 2. The van der Waals surface area contributed by atoms with E-state index in [4.69, 9.17) is 10.5 Å². The van der Waals surface area contributed by atoms with Gasteiger partial charge in [-0.2, -0.15) is 0 Å². The molecule has 0 bridgehead atoms. The highest BCUT2D eigenvalue weighted by molar-refractivity contribution is 5.78. The lowest BCUT2D eigenvalue weighted by Gasteiger charge is -2.26. The molecule has 0 radical (unpaired) electrons. The predicted octanol–water partition coefficient (Wildman–Crippen LogP) is 0.628. The molecular weight excluding hydrogens is 192 g/mol. The van der Waals surface area contributed by atoms with Crippen LogP contribution in [-0.2, 0) is 16.1 Å². The van der Waals surface area contributed by atoms with Gasteiger partial charge in [0.2, 0.25) is 5.91 Å². The molecule has 4 heteroatoms. The molecule has 0 unspecified atom stereocenters. The molecule has 1 saturated heterocycles. The van der Waals surface area contributed by atoms with Gasteiger partial charge in [-0.15, -0.1) is 0 Å². The predicted molar refractivity (Wildman–Crippen MR) is 57.1 cm³/mol. The molecule has 1 amide bonds. The van der Waals surface area contributed by atoms with Gasteiger partial charge in [-0.05, 0) is 17.7 Å². The molecule has 2 rings (SSSR count). The Bertz CT molecular complexity index is 365. The van der Waals surface area contributed by atoms with Crippen LogP contribution in [0.25, 0.3) is 0 Å². The minimum Gasteiger partial charge on any atom is -0.399 e. The summed E-state index contributed by atoms with van der Waals surface area (Å²) in [6.45, 7) is 2.09. The molecule has 0 spiro atoms. The van der Waals surface area contributed by atoms with Crippen LogP contribution in [0.2, 0.25) is 0 Å². The largest absolute Gasteiger partial charge is 0.399 e. The number of morpholine rings is 1. The monoisotopic (exact) mass is 206 g/mol. The fraction of sp³-hybridized carbons (Fsp3) is 0.364. The number of carbonyl (C=O) groups is 1. The van der Waals surface area contributed by atoms with Crippen molar-refractivity contribution < 1.29 is 9.53 Å². The van der Waals surface area contributed by atoms with Gasteiger partial charge in [0.25, 0.3) is 0 Å². The number of ether oxygens (including phenoxy) is 1. The van der Waals surface area contributed by atoms with Gasteiger partial charge in [0.15, 0.2) is 0 Å². The molecule has 0 aromatic heterocycles. The van der Waals surface area contributed by atoms with E-state index in [0.717, 1.165) is 11.3 Å². The average Bonchev–Trinajstić information content (AvgIpc) is 2.22. The number of anilines is 1. The van der Waals surface area contributed by atoms with Crippen LogP contribution in [0.1, 0.15) is 5.56 Å². The van der Waals surface area contributed by atoms with Crippen LogP contribution in [0.3, 0.4) is 0 Å². The Morgan fingerprint density at radius 1 is 1.47 bits per heavy atom. The molecule has 4 nitrogen and oxygen atoms in total. The van der Waals surface area contributed by atoms with Crippen molar-refractivity contribution in [3.05, 3.63) is 29.8 Å². The summed E-state index contributed by atoms with van der Waals surface area (Å²) in [5.41, 5.74) is 7.46. The first kappa shape index (κ1) is 9.98. The maximum Gasteiger partial charge on any atom is 0.248 e. The van der Waals surface area contributed by atoms with Crippen molar-refractivity contribution in [2.24, 2.45) is 0 Å². The van der Waals surface area contributed by atoms with Crippen LogP contribution in [-0.4, -0.2) is 30.6 Å². The molecule has 1 aliphatic heterocycles. The molecule has 1 fully saturated rings. The highest BCUT2D eigenvalue weighted by atomic mass is 16.5. The van der Waals surface area contributed by atoms with Crippen molar-refractivity contribution in [1.29, 1.82) is 0 Å². The zero-order valence-electron chi connectivity index (χ0n) is 8.48. The molecule has 2 N–H and O–H groups in total. The van der Waals surface area contributed by atoms with Crippen molar-refractivity contribution in [3.63, 3.8) is 0 Å². The van der Waals surface area contributed by atoms with E-state index in [9.17, 15) is 4.79 Å². The average molecular weight is 206 g/mol. The number of nitrogens with zero attached hydrogens (tertiary/aromatic N) is 1. The van der Waals surface area contributed by atoms with Gasteiger partial charge in [0, 0.05) is 18.8 Å². The maximum absolute atomic E-state index is 11.5. The fourth-order valence-electron chi connectivity index (χ4n) is 1.63. The lowest BCUT2D eigenvalue weighted by molar-refractivity contribution is -0.143. The minimum atomic E-state index is 0.0451. The Kier molecular flexibility index (Phi) is 2.87. The third-order valence-electron chi connectivity index (χ3n) is 2.41. The standard InChI is InChI=1S/C11H14N2O2/c12-10-3-1-2-9(6-10)7-13-4-5-15-8-11(13)14/h1-3,6H,4-5,7-8,12H2. The molecule has 1 aromatic carbocycles. The SMILES string of the molecule is Nc1cccc(CN2CCOCC2=O)c1. The van der Waals surface area contributed by atoms with Crippen molar-refractivity contribution in [3.8, 4) is 0 Å². The van der Waals surface area contributed by atoms with Crippen molar-refractivity contribution in [1.82, 2.24) is 4.90 Å². The molecular formula is C11H14N2O2. The summed E-state index contributed by atoms with van der Waals surface area (Å²) >= 11 is 0. The van der Waals surface area contributed by atoms with Crippen LogP contribution in [0.5, 0.6) is 0 Å². The van der Waals surface area contributed by atoms with E-state index >= 15 is 0 Å². The lowest BCUT2D eigenvalue weighted by atomic mass is 10.2. The topological polar surface area (TPSA) is 55.6 Å². The van der Waals surface area contributed by atoms with E-state index in [1.807, 2.05) is 24.3 Å². The van der Waals surface area contributed by atoms with E-state index < -0.39 is 0 Å². The normalized spacial score (nSPS) is 16.8. The highest BCUT2D eigenvalue weighted by Gasteiger charge is 2.18. The summed E-state index contributed by atoms with van der Waals surface area (Å²) in [5.74, 6) is 0.0451. The summed E-state index contributed by atoms with van der Waals surface area (Å²) in [7, 11) is 0. The van der Waals surface area contributed by atoms with Gasteiger partial charge in [0.05, 0.1) is 6.61 Å². The van der Waals surface area contributed by atoms with Gasteiger partial charge in [0.1, 0.15) is 6.61 Å². The first-order chi connectivity index (χ1) is 7.25. The number of carbonyl (C=O) groups excluding carboxylic acids is 1. The third kappa shape index (κ3) is 2.47. The number of nitrogens with two attached hydrogens (primary N) is 1. The summed E-state index contributed by atoms with van der Waals surface area (Å²) in [6, 6.07) is 7.60. The molecule has 0 aliphatic carbocycles. The number of hydrogen-bond donors (Lipinski definition) is 1. The number of benzene rings is 1. The fourth-order valence-corrected chi connectivity index (χ4v) is 1.63. The zero-order chi connectivity index (χ0) is 10.7. The lowest BCUT2D eigenvalue weighted by Crippen LogP contribution is -2.40. The van der Waals surface area contributed by atoms with Gasteiger partial charge in [-0.1, -0.05) is 12.1 Å². The van der Waals surface area contributed by atoms with E-state index in [-0.39, 0.29) is 12.5 Å². The summed E-state index contributed by atoms with van der Waals surface area (Å²) < 4.78 is 5.06. The first-order valence-electron chi connectivity index (χ1n) is 4.95. The second-order valence-corrected chi connectivity index (χ2v) is 3.61. The quantitative estimate of drug-likeness (QED) is 0.722. The first-order valence-corrected chi connectivity index (χ1v) is 4.95. The highest BCUT2D eigenvalue weighted by Crippen LogP contribution is 2.11. The summed E-state index contributed by atoms with van der Waals surface area (Å²) in [6.07, 6.45) is 0. The van der Waals surface area contributed by atoms with Crippen LogP contribution < -0.4 is 5.73 Å². The van der Waals surface area contributed by atoms with Crippen molar-refractivity contribution in [2.45, 2.75) is 6.54 Å². The molecule has 1 heterocycles. The second kappa shape index (κ2) is 4.31. The maximum atomic E-state index is 11.5. The van der Waals surface area contributed by atoms with Gasteiger partial charge < -0.3 is 15.4 Å². The third-order valence-corrected chi connectivity index (χ3v) is 2.41. The van der Waals surface area contributed by atoms with E-state index in [1.165, 1.54) is 0 Å². The van der Waals surface area contributed by atoms with Crippen molar-refractivity contribution in [2.75, 3.05) is 25.5 Å². The summed E-state index contributed by atoms with van der Waals surface area (Å²) in [4.78, 5) is 13.2. The zero-order valence-corrected chi connectivity index (χ0v) is 8.48. The van der Waals surface area contributed by atoms with E-state index in [1.54, 1.807) is 4.90 Å². The van der Waals surface area contributed by atoms with Gasteiger partial charge in [-0.25, -0.2) is 0 Å². The Balaban J connectivity index is 2.04. The van der Waals surface area contributed by atoms with Crippen molar-refractivity contribution >= 4 is 11.6 Å². The van der Waals surface area contributed by atoms with Crippen LogP contribution >= 0.6 is 0 Å². The number of hydrogen-bond acceptors (Lipinski definition) is 3. The Morgan fingerprint density at radius 3 is 3.07 bits per heavy atom. The van der Waals surface area contributed by atoms with E-state index in [0.29, 0.717) is 19.7 Å².